The molecule has 29 heavy (non-hydrogen) atoms. The molecule has 0 fully saturated rings. The molecule has 0 unspecified atom stereocenters. The van der Waals surface area contributed by atoms with Crippen molar-refractivity contribution in [1.82, 2.24) is 5.32 Å². The van der Waals surface area contributed by atoms with Crippen LogP contribution in [-0.2, 0) is 21.4 Å². The number of benzene rings is 2. The average Bonchev–Trinajstić information content (AvgIpc) is 2.66. The van der Waals surface area contributed by atoms with Gasteiger partial charge in [-0.15, -0.1) is 0 Å². The van der Waals surface area contributed by atoms with E-state index in [4.69, 9.17) is 22.0 Å². The number of nitriles is 1. The molecule has 2 aromatic carbocycles. The van der Waals surface area contributed by atoms with Crippen LogP contribution in [0.5, 0.6) is 0 Å². The number of nitrogens with one attached hydrogen (secondary N) is 2. The van der Waals surface area contributed by atoms with Crippen LogP contribution in [0.25, 0.3) is 0 Å². The second-order valence-corrected chi connectivity index (χ2v) is 7.58. The van der Waals surface area contributed by atoms with E-state index in [2.05, 4.69) is 10.6 Å². The molecule has 0 saturated carbocycles. The number of carbonyl (C=O) groups excluding carboxylic acids is 1. The lowest BCUT2D eigenvalue weighted by atomic mass is 10.2. The van der Waals surface area contributed by atoms with Gasteiger partial charge in [0.1, 0.15) is 11.6 Å². The Hall–Kier alpha value is -3.46. The Morgan fingerprint density at radius 2 is 1.93 bits per heavy atom. The second-order valence-electron chi connectivity index (χ2n) is 5.62. The maximum absolute atomic E-state index is 12.2. The van der Waals surface area contributed by atoms with Gasteiger partial charge >= 0.3 is 0 Å². The van der Waals surface area contributed by atoms with E-state index in [0.717, 1.165) is 12.3 Å². The monoisotopic (exact) mass is 435 g/mol. The molecule has 0 aliphatic heterocycles. The van der Waals surface area contributed by atoms with E-state index in [0.29, 0.717) is 5.56 Å². The zero-order valence-corrected chi connectivity index (χ0v) is 16.2. The van der Waals surface area contributed by atoms with E-state index in [1.807, 2.05) is 0 Å². The molecule has 2 rings (SSSR count). The summed E-state index contributed by atoms with van der Waals surface area (Å²) in [6, 6.07) is 10.9. The molecule has 0 radical (unpaired) electrons. The zero-order chi connectivity index (χ0) is 21.6. The fourth-order valence-corrected chi connectivity index (χ4v) is 2.81. The first-order valence-electron chi connectivity index (χ1n) is 7.82. The van der Waals surface area contributed by atoms with E-state index in [9.17, 15) is 23.3 Å². The van der Waals surface area contributed by atoms with Gasteiger partial charge in [0.25, 0.3) is 11.6 Å². The topological polar surface area (TPSA) is 168 Å². The minimum absolute atomic E-state index is 0.00870. The molecule has 0 bridgehead atoms. The molecule has 0 aliphatic carbocycles. The molecule has 0 spiro atoms. The van der Waals surface area contributed by atoms with Crippen molar-refractivity contribution < 1.29 is 18.1 Å². The molecule has 150 valence electrons. The van der Waals surface area contributed by atoms with Crippen LogP contribution in [-0.4, -0.2) is 19.2 Å². The first kappa shape index (κ1) is 21.8. The van der Waals surface area contributed by atoms with Gasteiger partial charge in [-0.25, -0.2) is 13.6 Å². The molecule has 2 aromatic rings. The van der Waals surface area contributed by atoms with Gasteiger partial charge in [-0.3, -0.25) is 14.9 Å². The van der Waals surface area contributed by atoms with Crippen LogP contribution in [0.2, 0.25) is 5.02 Å². The summed E-state index contributed by atoms with van der Waals surface area (Å²) in [7, 11) is -3.79. The van der Waals surface area contributed by atoms with Crippen molar-refractivity contribution in [3.05, 3.63) is 74.9 Å². The number of non-ortho nitro benzene ring substituents is 1. The van der Waals surface area contributed by atoms with Crippen molar-refractivity contribution in [2.75, 3.05) is 5.32 Å². The molecule has 4 N–H and O–H groups in total. The quantitative estimate of drug-likeness (QED) is 0.258. The van der Waals surface area contributed by atoms with Crippen molar-refractivity contribution in [2.24, 2.45) is 5.14 Å². The van der Waals surface area contributed by atoms with Gasteiger partial charge in [-0.1, -0.05) is 23.7 Å². The summed E-state index contributed by atoms with van der Waals surface area (Å²) < 4.78 is 22.4. The van der Waals surface area contributed by atoms with Crippen molar-refractivity contribution in [2.45, 2.75) is 11.4 Å². The molecular weight excluding hydrogens is 422 g/mol. The van der Waals surface area contributed by atoms with Gasteiger partial charge in [0, 0.05) is 24.9 Å². The Bertz CT molecular complexity index is 1120. The SMILES string of the molecule is N#C/C(=C/NCc1ccc(S(N)(=O)=O)cc1)C(=O)Nc1cc([N+](=O)[O-])ccc1Cl. The summed E-state index contributed by atoms with van der Waals surface area (Å²) in [5.74, 6) is -0.813. The Labute approximate surface area is 170 Å². The van der Waals surface area contributed by atoms with Crippen molar-refractivity contribution >= 4 is 38.9 Å². The van der Waals surface area contributed by atoms with E-state index in [-0.39, 0.29) is 33.4 Å². The average molecular weight is 436 g/mol. The lowest BCUT2D eigenvalue weighted by molar-refractivity contribution is -0.384. The van der Waals surface area contributed by atoms with Crippen molar-refractivity contribution in [1.29, 1.82) is 5.26 Å². The predicted octanol–water partition coefficient (Wildman–Crippen LogP) is 2.03. The number of sulfonamides is 1. The first-order chi connectivity index (χ1) is 13.6. The third-order valence-corrected chi connectivity index (χ3v) is 4.84. The van der Waals surface area contributed by atoms with Crippen LogP contribution in [0, 0.1) is 21.4 Å². The van der Waals surface area contributed by atoms with E-state index in [1.54, 1.807) is 6.07 Å². The standard InChI is InChI=1S/C17H14ClN5O5S/c18-15-6-3-13(23(25)26)7-16(15)22-17(24)12(8-19)10-21-9-11-1-4-14(5-2-11)29(20,27)28/h1-7,10,21H,9H2,(H,22,24)(H2,20,27,28)/b12-10-. The van der Waals surface area contributed by atoms with Gasteiger partial charge in [0.2, 0.25) is 10.0 Å². The Balaban J connectivity index is 2.06. The maximum Gasteiger partial charge on any atom is 0.271 e. The number of halogens is 1. The second kappa shape index (κ2) is 9.16. The number of nitro benzene ring substituents is 1. The molecule has 0 heterocycles. The minimum atomic E-state index is -3.79. The normalized spacial score (nSPS) is 11.4. The third kappa shape index (κ3) is 6.01. The largest absolute Gasteiger partial charge is 0.386 e. The Morgan fingerprint density at radius 3 is 2.48 bits per heavy atom. The van der Waals surface area contributed by atoms with Crippen LogP contribution in [0.15, 0.2) is 59.1 Å². The molecule has 0 atom stereocenters. The highest BCUT2D eigenvalue weighted by molar-refractivity contribution is 7.89. The van der Waals surface area contributed by atoms with Crippen LogP contribution < -0.4 is 15.8 Å². The van der Waals surface area contributed by atoms with E-state index in [1.165, 1.54) is 36.4 Å². The van der Waals surface area contributed by atoms with Gasteiger partial charge in [0.15, 0.2) is 0 Å². The fraction of sp³-hybridized carbons (Fsp3) is 0.0588. The molecule has 0 aromatic heterocycles. The highest BCUT2D eigenvalue weighted by Gasteiger charge is 2.15. The summed E-state index contributed by atoms with van der Waals surface area (Å²) in [5, 5.41) is 30.2. The number of nitro groups is 1. The minimum Gasteiger partial charge on any atom is -0.386 e. The first-order valence-corrected chi connectivity index (χ1v) is 9.75. The predicted molar refractivity (Wildman–Crippen MR) is 105 cm³/mol. The number of anilines is 1. The lowest BCUT2D eigenvalue weighted by Gasteiger charge is -2.07. The smallest absolute Gasteiger partial charge is 0.271 e. The molecular formula is C17H14ClN5O5S. The molecule has 0 saturated heterocycles. The van der Waals surface area contributed by atoms with Crippen molar-refractivity contribution in [3.8, 4) is 6.07 Å². The number of primary sulfonamides is 1. The molecule has 0 aliphatic rings. The van der Waals surface area contributed by atoms with Crippen LogP contribution in [0.4, 0.5) is 11.4 Å². The maximum atomic E-state index is 12.2. The lowest BCUT2D eigenvalue weighted by Crippen LogP contribution is -2.17. The fourth-order valence-electron chi connectivity index (χ4n) is 2.13. The number of nitrogens with two attached hydrogens (primary N) is 1. The number of hydrogen-bond acceptors (Lipinski definition) is 7. The summed E-state index contributed by atoms with van der Waals surface area (Å²) in [6.07, 6.45) is 1.16. The molecule has 10 nitrogen and oxygen atoms in total. The highest BCUT2D eigenvalue weighted by Crippen LogP contribution is 2.27. The van der Waals surface area contributed by atoms with Gasteiger partial charge in [-0.2, -0.15) is 5.26 Å². The third-order valence-electron chi connectivity index (χ3n) is 3.58. The van der Waals surface area contributed by atoms with Gasteiger partial charge in [-0.05, 0) is 23.8 Å². The Morgan fingerprint density at radius 1 is 1.28 bits per heavy atom. The number of nitrogens with zero attached hydrogens (tertiary/aromatic N) is 2. The number of carbonyl (C=O) groups is 1. The molecule has 1 amide bonds. The van der Waals surface area contributed by atoms with Crippen LogP contribution >= 0.6 is 11.6 Å². The molecule has 12 heteroatoms. The van der Waals surface area contributed by atoms with E-state index < -0.39 is 20.9 Å². The zero-order valence-electron chi connectivity index (χ0n) is 14.6. The number of rotatable bonds is 7. The Kier molecular flexibility index (Phi) is 6.89. The van der Waals surface area contributed by atoms with E-state index >= 15 is 0 Å². The van der Waals surface area contributed by atoms with Crippen LogP contribution in [0.3, 0.4) is 0 Å². The summed E-state index contributed by atoms with van der Waals surface area (Å²) in [5.41, 5.74) is 0.0978. The number of amides is 1. The summed E-state index contributed by atoms with van der Waals surface area (Å²) >= 11 is 5.92. The van der Waals surface area contributed by atoms with Gasteiger partial charge in [0.05, 0.1) is 20.5 Å². The van der Waals surface area contributed by atoms with Gasteiger partial charge < -0.3 is 10.6 Å². The highest BCUT2D eigenvalue weighted by atomic mass is 35.5. The summed E-state index contributed by atoms with van der Waals surface area (Å²) in [4.78, 5) is 22.4. The number of hydrogen-bond donors (Lipinski definition) is 3. The summed E-state index contributed by atoms with van der Waals surface area (Å²) in [6.45, 7) is 0.195. The van der Waals surface area contributed by atoms with Crippen molar-refractivity contribution in [3.63, 3.8) is 0 Å². The van der Waals surface area contributed by atoms with Crippen LogP contribution in [0.1, 0.15) is 5.56 Å².